The Morgan fingerprint density at radius 3 is 2.30 bits per heavy atom. The number of benzene rings is 1. The largest absolute Gasteiger partial charge is 0.505 e. The smallest absolute Gasteiger partial charge is 0.331 e. The lowest BCUT2D eigenvalue weighted by Gasteiger charge is -2.22. The summed E-state index contributed by atoms with van der Waals surface area (Å²) in [5.41, 5.74) is 0.115. The number of aromatic hydroxyl groups is 1. The molecule has 1 saturated heterocycles. The van der Waals surface area contributed by atoms with E-state index in [4.69, 9.17) is 23.2 Å². The second-order valence-electron chi connectivity index (χ2n) is 4.01. The summed E-state index contributed by atoms with van der Waals surface area (Å²) in [5.74, 6) is -1.83. The fourth-order valence-corrected chi connectivity index (χ4v) is 2.08. The summed E-state index contributed by atoms with van der Waals surface area (Å²) in [6.45, 7) is 0. The summed E-state index contributed by atoms with van der Waals surface area (Å²) in [4.78, 5) is 35.5. The van der Waals surface area contributed by atoms with E-state index >= 15 is 0 Å². The Balaban J connectivity index is 2.47. The number of urea groups is 1. The molecule has 104 valence electrons. The third-order valence-corrected chi connectivity index (χ3v) is 3.23. The molecule has 0 saturated carbocycles. The molecule has 0 radical (unpaired) electrons. The van der Waals surface area contributed by atoms with E-state index in [0.29, 0.717) is 5.56 Å². The number of halogens is 2. The van der Waals surface area contributed by atoms with Crippen LogP contribution in [0, 0.1) is 0 Å². The van der Waals surface area contributed by atoms with Crippen LogP contribution in [0.5, 0.6) is 5.75 Å². The van der Waals surface area contributed by atoms with Crippen molar-refractivity contribution in [3.63, 3.8) is 0 Å². The molecule has 0 atom stereocenters. The number of rotatable bonds is 1. The average Bonchev–Trinajstić information content (AvgIpc) is 2.38. The molecule has 1 aliphatic rings. The zero-order valence-electron chi connectivity index (χ0n) is 10.1. The molecular formula is C12H8Cl2N2O4. The van der Waals surface area contributed by atoms with Gasteiger partial charge >= 0.3 is 6.03 Å². The van der Waals surface area contributed by atoms with Gasteiger partial charge in [-0.25, -0.2) is 4.79 Å². The van der Waals surface area contributed by atoms with Gasteiger partial charge in [0, 0.05) is 7.05 Å². The normalized spacial score (nSPS) is 17.6. The van der Waals surface area contributed by atoms with E-state index < -0.39 is 17.8 Å². The van der Waals surface area contributed by atoms with Crippen molar-refractivity contribution in [1.82, 2.24) is 10.2 Å². The Bertz CT molecular complexity index is 646. The van der Waals surface area contributed by atoms with Crippen LogP contribution < -0.4 is 5.32 Å². The van der Waals surface area contributed by atoms with Crippen molar-refractivity contribution in [2.24, 2.45) is 0 Å². The van der Waals surface area contributed by atoms with Crippen molar-refractivity contribution < 1.29 is 19.5 Å². The highest BCUT2D eigenvalue weighted by Crippen LogP contribution is 2.33. The van der Waals surface area contributed by atoms with Crippen LogP contribution >= 0.6 is 23.2 Å². The Morgan fingerprint density at radius 1 is 1.20 bits per heavy atom. The molecule has 8 heteroatoms. The first-order valence-corrected chi connectivity index (χ1v) is 6.10. The minimum Gasteiger partial charge on any atom is -0.505 e. The number of carbonyl (C=O) groups excluding carboxylic acids is 3. The Morgan fingerprint density at radius 2 is 1.75 bits per heavy atom. The molecule has 20 heavy (non-hydrogen) atoms. The van der Waals surface area contributed by atoms with Gasteiger partial charge in [-0.15, -0.1) is 0 Å². The lowest BCUT2D eigenvalue weighted by atomic mass is 10.1. The van der Waals surface area contributed by atoms with Crippen LogP contribution in [0.1, 0.15) is 5.56 Å². The maximum atomic E-state index is 11.8. The Kier molecular flexibility index (Phi) is 3.69. The van der Waals surface area contributed by atoms with Gasteiger partial charge in [-0.1, -0.05) is 23.2 Å². The number of imide groups is 2. The maximum absolute atomic E-state index is 11.8. The second kappa shape index (κ2) is 5.15. The number of phenolic OH excluding ortho intramolecular Hbond substituents is 1. The number of phenols is 1. The molecule has 2 rings (SSSR count). The molecule has 1 aromatic rings. The summed E-state index contributed by atoms with van der Waals surface area (Å²) >= 11 is 11.5. The standard InChI is InChI=1S/C12H8Cl2N2O4/c1-16-11(19)6(10(18)15-12(16)20)2-5-3-7(13)9(17)8(14)4-5/h2-4,17H,1H3,(H,15,18,20). The van der Waals surface area contributed by atoms with Gasteiger partial charge in [0.25, 0.3) is 11.8 Å². The lowest BCUT2D eigenvalue weighted by molar-refractivity contribution is -0.129. The van der Waals surface area contributed by atoms with E-state index in [1.807, 2.05) is 5.32 Å². The monoisotopic (exact) mass is 314 g/mol. The number of nitrogens with zero attached hydrogens (tertiary/aromatic N) is 1. The third-order valence-electron chi connectivity index (χ3n) is 2.65. The van der Waals surface area contributed by atoms with Crippen molar-refractivity contribution >= 4 is 47.1 Å². The first-order valence-electron chi connectivity index (χ1n) is 5.34. The van der Waals surface area contributed by atoms with E-state index in [9.17, 15) is 19.5 Å². The molecule has 0 aliphatic carbocycles. The number of hydrogen-bond acceptors (Lipinski definition) is 4. The quantitative estimate of drug-likeness (QED) is 0.611. The summed E-state index contributed by atoms with van der Waals surface area (Å²) in [6.07, 6.45) is 1.23. The predicted octanol–water partition coefficient (Wildman–Crippen LogP) is 1.79. The first kappa shape index (κ1) is 14.4. The summed E-state index contributed by atoms with van der Waals surface area (Å²) in [7, 11) is 1.24. The Hall–Kier alpha value is -2.05. The molecule has 1 heterocycles. The van der Waals surface area contributed by atoms with Crippen LogP contribution in [0.15, 0.2) is 17.7 Å². The summed E-state index contributed by atoms with van der Waals surface area (Å²) < 4.78 is 0. The molecule has 1 aromatic carbocycles. The first-order chi connectivity index (χ1) is 9.31. The number of carbonyl (C=O) groups is 3. The number of likely N-dealkylation sites (N-methyl/N-ethyl adjacent to an activating group) is 1. The van der Waals surface area contributed by atoms with Gasteiger partial charge in [0.2, 0.25) is 0 Å². The van der Waals surface area contributed by atoms with E-state index in [0.717, 1.165) is 4.90 Å². The summed E-state index contributed by atoms with van der Waals surface area (Å²) in [5, 5.41) is 11.4. The maximum Gasteiger partial charge on any atom is 0.331 e. The topological polar surface area (TPSA) is 86.7 Å². The number of amides is 4. The molecule has 0 unspecified atom stereocenters. The zero-order valence-corrected chi connectivity index (χ0v) is 11.6. The van der Waals surface area contributed by atoms with Crippen molar-refractivity contribution in [2.75, 3.05) is 7.05 Å². The zero-order chi connectivity index (χ0) is 15.0. The SMILES string of the molecule is CN1C(=O)NC(=O)C(=Cc2cc(Cl)c(O)c(Cl)c2)C1=O. The third kappa shape index (κ3) is 2.48. The molecule has 6 nitrogen and oxygen atoms in total. The van der Waals surface area contributed by atoms with Gasteiger partial charge in [0.15, 0.2) is 5.75 Å². The van der Waals surface area contributed by atoms with E-state index in [-0.39, 0.29) is 21.4 Å². The van der Waals surface area contributed by atoms with Crippen LogP contribution in [0.4, 0.5) is 4.79 Å². The lowest BCUT2D eigenvalue weighted by Crippen LogP contribution is -2.52. The van der Waals surface area contributed by atoms with Crippen molar-refractivity contribution in [3.05, 3.63) is 33.3 Å². The van der Waals surface area contributed by atoms with Gasteiger partial charge in [-0.05, 0) is 23.8 Å². The van der Waals surface area contributed by atoms with Gasteiger partial charge in [-0.3, -0.25) is 19.8 Å². The van der Waals surface area contributed by atoms with Crippen molar-refractivity contribution in [1.29, 1.82) is 0 Å². The highest BCUT2D eigenvalue weighted by atomic mass is 35.5. The molecule has 0 aromatic heterocycles. The molecule has 4 amide bonds. The highest BCUT2D eigenvalue weighted by Gasteiger charge is 2.33. The molecule has 1 aliphatic heterocycles. The fraction of sp³-hybridized carbons (Fsp3) is 0.0833. The Labute approximate surface area is 123 Å². The molecule has 0 spiro atoms. The van der Waals surface area contributed by atoms with Crippen LogP contribution in [0.2, 0.25) is 10.0 Å². The fourth-order valence-electron chi connectivity index (χ4n) is 1.58. The van der Waals surface area contributed by atoms with Crippen LogP contribution in [0.3, 0.4) is 0 Å². The van der Waals surface area contributed by atoms with E-state index in [1.54, 1.807) is 0 Å². The minimum absolute atomic E-state index is 0.0163. The van der Waals surface area contributed by atoms with Crippen molar-refractivity contribution in [3.8, 4) is 5.75 Å². The van der Waals surface area contributed by atoms with Crippen molar-refractivity contribution in [2.45, 2.75) is 0 Å². The second-order valence-corrected chi connectivity index (χ2v) is 4.83. The van der Waals surface area contributed by atoms with Crippen LogP contribution in [0.25, 0.3) is 6.08 Å². The molecular weight excluding hydrogens is 307 g/mol. The molecule has 2 N–H and O–H groups in total. The van der Waals surface area contributed by atoms with Crippen LogP contribution in [-0.4, -0.2) is 34.9 Å². The van der Waals surface area contributed by atoms with Crippen LogP contribution in [-0.2, 0) is 9.59 Å². The molecule has 0 bridgehead atoms. The molecule has 1 fully saturated rings. The van der Waals surface area contributed by atoms with Gasteiger partial charge in [-0.2, -0.15) is 0 Å². The number of hydrogen-bond donors (Lipinski definition) is 2. The minimum atomic E-state index is -0.807. The van der Waals surface area contributed by atoms with E-state index in [1.165, 1.54) is 25.3 Å². The van der Waals surface area contributed by atoms with Gasteiger partial charge in [0.1, 0.15) is 5.57 Å². The number of nitrogens with one attached hydrogen (secondary N) is 1. The summed E-state index contributed by atoms with van der Waals surface area (Å²) in [6, 6.07) is 1.89. The van der Waals surface area contributed by atoms with Gasteiger partial charge in [0.05, 0.1) is 10.0 Å². The van der Waals surface area contributed by atoms with E-state index in [2.05, 4.69) is 0 Å². The highest BCUT2D eigenvalue weighted by molar-refractivity contribution is 6.37. The predicted molar refractivity (Wildman–Crippen MR) is 72.4 cm³/mol. The number of barbiturate groups is 1. The average molecular weight is 315 g/mol. The van der Waals surface area contributed by atoms with Gasteiger partial charge < -0.3 is 5.11 Å².